The maximum atomic E-state index is 11.6. The molecule has 0 fully saturated rings. The van der Waals surface area contributed by atoms with Crippen molar-refractivity contribution in [3.63, 3.8) is 0 Å². The number of aliphatic hydroxyl groups is 1. The molecule has 1 aliphatic heterocycles. The third kappa shape index (κ3) is 2.16. The first kappa shape index (κ1) is 12.7. The third-order valence-corrected chi connectivity index (χ3v) is 3.47. The Labute approximate surface area is 116 Å². The highest BCUT2D eigenvalue weighted by molar-refractivity contribution is 5.92. The van der Waals surface area contributed by atoms with Gasteiger partial charge < -0.3 is 19.7 Å². The number of aryl methyl sites for hydroxylation is 1. The Bertz CT molecular complexity index is 663. The van der Waals surface area contributed by atoms with E-state index in [-0.39, 0.29) is 6.03 Å². The maximum Gasteiger partial charge on any atom is 0.321 e. The monoisotopic (exact) mass is 272 g/mol. The number of aliphatic hydroxyl groups excluding tert-OH is 1. The van der Waals surface area contributed by atoms with Gasteiger partial charge in [0, 0.05) is 19.3 Å². The van der Waals surface area contributed by atoms with Crippen LogP contribution in [0, 0.1) is 6.92 Å². The SMILES string of the molecule is Cc1ccc(C(O)c2ccc3c(c2)CN(C)C(=O)N3)o1. The number of carbonyl (C=O) groups is 1. The average molecular weight is 272 g/mol. The Morgan fingerprint density at radius 2 is 2.15 bits per heavy atom. The number of rotatable bonds is 2. The van der Waals surface area contributed by atoms with Crippen LogP contribution >= 0.6 is 0 Å². The van der Waals surface area contributed by atoms with Crippen molar-refractivity contribution >= 4 is 11.7 Å². The minimum Gasteiger partial charge on any atom is -0.463 e. The molecular formula is C15H16N2O3. The molecule has 2 amide bonds. The van der Waals surface area contributed by atoms with E-state index in [9.17, 15) is 9.90 Å². The second kappa shape index (κ2) is 4.68. The summed E-state index contributed by atoms with van der Waals surface area (Å²) in [5.74, 6) is 1.29. The van der Waals surface area contributed by atoms with Crippen LogP contribution in [0.2, 0.25) is 0 Å². The molecule has 1 aliphatic rings. The van der Waals surface area contributed by atoms with Gasteiger partial charge in [0.15, 0.2) is 0 Å². The Hall–Kier alpha value is -2.27. The molecule has 0 saturated carbocycles. The number of urea groups is 1. The molecule has 2 heterocycles. The van der Waals surface area contributed by atoms with Crippen molar-refractivity contribution in [2.45, 2.75) is 19.6 Å². The average Bonchev–Trinajstić information content (AvgIpc) is 2.85. The van der Waals surface area contributed by atoms with Crippen molar-refractivity contribution in [1.29, 1.82) is 0 Å². The van der Waals surface area contributed by atoms with E-state index in [1.54, 1.807) is 24.1 Å². The number of benzene rings is 1. The van der Waals surface area contributed by atoms with E-state index >= 15 is 0 Å². The molecule has 2 N–H and O–H groups in total. The molecule has 1 aromatic carbocycles. The van der Waals surface area contributed by atoms with Crippen molar-refractivity contribution < 1.29 is 14.3 Å². The molecule has 0 aliphatic carbocycles. The van der Waals surface area contributed by atoms with Crippen LogP contribution in [0.3, 0.4) is 0 Å². The predicted molar refractivity (Wildman–Crippen MR) is 74.4 cm³/mol. The molecule has 0 bridgehead atoms. The zero-order valence-electron chi connectivity index (χ0n) is 11.4. The van der Waals surface area contributed by atoms with E-state index in [2.05, 4.69) is 5.32 Å². The van der Waals surface area contributed by atoms with Gasteiger partial charge >= 0.3 is 6.03 Å². The van der Waals surface area contributed by atoms with Gasteiger partial charge in [-0.1, -0.05) is 6.07 Å². The smallest absolute Gasteiger partial charge is 0.321 e. The molecule has 0 spiro atoms. The molecule has 1 aromatic heterocycles. The lowest BCUT2D eigenvalue weighted by atomic mass is 10.0. The predicted octanol–water partition coefficient (Wildman–Crippen LogP) is 2.65. The van der Waals surface area contributed by atoms with Crippen LogP contribution < -0.4 is 5.32 Å². The normalized spacial score (nSPS) is 15.8. The molecule has 3 rings (SSSR count). The van der Waals surface area contributed by atoms with Crippen molar-refractivity contribution in [3.05, 3.63) is 53.0 Å². The van der Waals surface area contributed by atoms with Crippen LogP contribution in [0.15, 0.2) is 34.7 Å². The Morgan fingerprint density at radius 1 is 1.35 bits per heavy atom. The molecule has 5 heteroatoms. The molecule has 2 aromatic rings. The van der Waals surface area contributed by atoms with Crippen molar-refractivity contribution in [2.75, 3.05) is 12.4 Å². The van der Waals surface area contributed by atoms with Gasteiger partial charge in [-0.25, -0.2) is 4.79 Å². The summed E-state index contributed by atoms with van der Waals surface area (Å²) in [5.41, 5.74) is 2.52. The number of nitrogens with zero attached hydrogens (tertiary/aromatic N) is 1. The summed E-state index contributed by atoms with van der Waals surface area (Å²) >= 11 is 0. The summed E-state index contributed by atoms with van der Waals surface area (Å²) in [5, 5.41) is 13.1. The van der Waals surface area contributed by atoms with Crippen LogP contribution in [0.4, 0.5) is 10.5 Å². The first-order valence-corrected chi connectivity index (χ1v) is 6.44. The van der Waals surface area contributed by atoms with Crippen molar-refractivity contribution in [2.24, 2.45) is 0 Å². The van der Waals surface area contributed by atoms with Crippen molar-refractivity contribution in [1.82, 2.24) is 4.90 Å². The zero-order chi connectivity index (χ0) is 14.3. The van der Waals surface area contributed by atoms with Gasteiger partial charge in [-0.05, 0) is 42.3 Å². The topological polar surface area (TPSA) is 65.7 Å². The van der Waals surface area contributed by atoms with Gasteiger partial charge in [0.25, 0.3) is 0 Å². The lowest BCUT2D eigenvalue weighted by Crippen LogP contribution is -2.35. The highest BCUT2D eigenvalue weighted by Gasteiger charge is 2.21. The Kier molecular flexibility index (Phi) is 2.99. The summed E-state index contributed by atoms with van der Waals surface area (Å²) < 4.78 is 5.45. The Morgan fingerprint density at radius 3 is 2.85 bits per heavy atom. The lowest BCUT2D eigenvalue weighted by molar-refractivity contribution is 0.187. The van der Waals surface area contributed by atoms with Crippen LogP contribution in [0.5, 0.6) is 0 Å². The molecule has 5 nitrogen and oxygen atoms in total. The molecular weight excluding hydrogens is 256 g/mol. The summed E-state index contributed by atoms with van der Waals surface area (Å²) in [4.78, 5) is 13.1. The van der Waals surface area contributed by atoms with E-state index in [1.165, 1.54) is 0 Å². The fourth-order valence-electron chi connectivity index (χ4n) is 2.34. The standard InChI is InChI=1S/C15H16N2O3/c1-9-3-6-13(20-9)14(18)10-4-5-12-11(7-10)8-17(2)15(19)16-12/h3-7,14,18H,8H2,1-2H3,(H,16,19). The number of hydrogen-bond donors (Lipinski definition) is 2. The summed E-state index contributed by atoms with van der Waals surface area (Å²) in [6.45, 7) is 2.37. The number of fused-ring (bicyclic) bond motifs is 1. The third-order valence-electron chi connectivity index (χ3n) is 3.47. The minimum atomic E-state index is -0.795. The van der Waals surface area contributed by atoms with E-state index in [0.29, 0.717) is 12.3 Å². The Balaban J connectivity index is 1.92. The molecule has 0 saturated heterocycles. The number of amides is 2. The molecule has 0 radical (unpaired) electrons. The largest absolute Gasteiger partial charge is 0.463 e. The quantitative estimate of drug-likeness (QED) is 0.883. The highest BCUT2D eigenvalue weighted by atomic mass is 16.4. The van der Waals surface area contributed by atoms with E-state index < -0.39 is 6.10 Å². The number of hydrogen-bond acceptors (Lipinski definition) is 3. The molecule has 104 valence electrons. The van der Waals surface area contributed by atoms with Gasteiger partial charge in [0.2, 0.25) is 0 Å². The van der Waals surface area contributed by atoms with Crippen molar-refractivity contribution in [3.8, 4) is 0 Å². The number of anilines is 1. The van der Waals surface area contributed by atoms with E-state index in [1.807, 2.05) is 25.1 Å². The molecule has 20 heavy (non-hydrogen) atoms. The van der Waals surface area contributed by atoms with E-state index in [0.717, 1.165) is 22.6 Å². The fraction of sp³-hybridized carbons (Fsp3) is 0.267. The first-order chi connectivity index (χ1) is 9.54. The summed E-state index contributed by atoms with van der Waals surface area (Å²) in [7, 11) is 1.73. The van der Waals surface area contributed by atoms with Crippen LogP contribution in [0.1, 0.15) is 28.8 Å². The first-order valence-electron chi connectivity index (χ1n) is 6.44. The maximum absolute atomic E-state index is 11.6. The minimum absolute atomic E-state index is 0.118. The second-order valence-electron chi connectivity index (χ2n) is 5.05. The lowest BCUT2D eigenvalue weighted by Gasteiger charge is -2.26. The van der Waals surface area contributed by atoms with Crippen LogP contribution in [-0.4, -0.2) is 23.1 Å². The molecule has 1 unspecified atom stereocenters. The van der Waals surface area contributed by atoms with Crippen LogP contribution in [-0.2, 0) is 6.54 Å². The number of carbonyl (C=O) groups excluding carboxylic acids is 1. The van der Waals surface area contributed by atoms with Crippen LogP contribution in [0.25, 0.3) is 0 Å². The summed E-state index contributed by atoms with van der Waals surface area (Å²) in [6, 6.07) is 8.99. The van der Waals surface area contributed by atoms with Gasteiger partial charge in [-0.3, -0.25) is 0 Å². The van der Waals surface area contributed by atoms with Gasteiger partial charge in [0.1, 0.15) is 17.6 Å². The summed E-state index contributed by atoms with van der Waals surface area (Å²) in [6.07, 6.45) is -0.795. The number of furan rings is 1. The fourth-order valence-corrected chi connectivity index (χ4v) is 2.34. The zero-order valence-corrected chi connectivity index (χ0v) is 11.4. The van der Waals surface area contributed by atoms with E-state index in [4.69, 9.17) is 4.42 Å². The van der Waals surface area contributed by atoms with Gasteiger partial charge in [-0.2, -0.15) is 0 Å². The highest BCUT2D eigenvalue weighted by Crippen LogP contribution is 2.29. The number of nitrogens with one attached hydrogen (secondary N) is 1. The second-order valence-corrected chi connectivity index (χ2v) is 5.05. The van der Waals surface area contributed by atoms with Gasteiger partial charge in [0.05, 0.1) is 0 Å². The van der Waals surface area contributed by atoms with Gasteiger partial charge in [-0.15, -0.1) is 0 Å². The molecule has 1 atom stereocenters.